The smallest absolute Gasteiger partial charge is 0.341 e. The molecule has 0 saturated heterocycles. The molecule has 0 aliphatic heterocycles. The number of Topliss-reactive ketones (excluding diaryl/α,β-unsaturated/α-hetero) is 1. The fourth-order valence-electron chi connectivity index (χ4n) is 3.81. The molecule has 2 rings (SSSR count). The van der Waals surface area contributed by atoms with Crippen LogP contribution in [0.4, 0.5) is 0 Å². The first-order chi connectivity index (χ1) is 11.4. The Balaban J connectivity index is 2.42. The van der Waals surface area contributed by atoms with E-state index in [1.54, 1.807) is 6.92 Å². The summed E-state index contributed by atoms with van der Waals surface area (Å²) >= 11 is 0. The van der Waals surface area contributed by atoms with Gasteiger partial charge < -0.3 is 9.16 Å². The van der Waals surface area contributed by atoms with Crippen molar-refractivity contribution >= 4 is 20.1 Å². The maximum absolute atomic E-state index is 12.5. The van der Waals surface area contributed by atoms with E-state index in [0.717, 1.165) is 31.3 Å². The van der Waals surface area contributed by atoms with E-state index in [0.29, 0.717) is 18.6 Å². The lowest BCUT2D eigenvalue weighted by molar-refractivity contribution is -0.141. The SMILES string of the molecule is CCOC(=O)C1=C2CCC[C@@H](O[Si](C)(C)C(C)(C)C)[C@]2(C)CCC1=O. The predicted octanol–water partition coefficient (Wildman–Crippen LogP) is 4.79. The average molecular weight is 367 g/mol. The van der Waals surface area contributed by atoms with Crippen molar-refractivity contribution in [3.8, 4) is 0 Å². The Morgan fingerprint density at radius 2 is 1.92 bits per heavy atom. The van der Waals surface area contributed by atoms with E-state index in [1.807, 2.05) is 0 Å². The van der Waals surface area contributed by atoms with Gasteiger partial charge >= 0.3 is 5.97 Å². The van der Waals surface area contributed by atoms with Gasteiger partial charge in [-0.3, -0.25) is 4.79 Å². The van der Waals surface area contributed by atoms with Crippen LogP contribution in [0.5, 0.6) is 0 Å². The fraction of sp³-hybridized carbons (Fsp3) is 0.800. The molecule has 1 saturated carbocycles. The van der Waals surface area contributed by atoms with Gasteiger partial charge in [0.05, 0.1) is 12.7 Å². The molecule has 1 fully saturated rings. The summed E-state index contributed by atoms with van der Waals surface area (Å²) in [5, 5.41) is 0.138. The second-order valence-electron chi connectivity index (χ2n) is 9.17. The minimum Gasteiger partial charge on any atom is -0.462 e. The lowest BCUT2D eigenvalue weighted by atomic mass is 9.62. The van der Waals surface area contributed by atoms with Crippen LogP contribution in [0, 0.1) is 5.41 Å². The fourth-order valence-corrected chi connectivity index (χ4v) is 5.26. The number of ether oxygens (including phenoxy) is 1. The van der Waals surface area contributed by atoms with Gasteiger partial charge in [-0.25, -0.2) is 4.79 Å². The Bertz CT molecular complexity index is 585. The summed E-state index contributed by atoms with van der Waals surface area (Å²) in [7, 11) is -1.92. The number of carbonyl (C=O) groups is 2. The second kappa shape index (κ2) is 6.99. The molecule has 2 aliphatic rings. The Morgan fingerprint density at radius 1 is 1.28 bits per heavy atom. The second-order valence-corrected chi connectivity index (χ2v) is 13.9. The topological polar surface area (TPSA) is 52.6 Å². The van der Waals surface area contributed by atoms with Crippen molar-refractivity contribution < 1.29 is 18.8 Å². The van der Waals surface area contributed by atoms with Crippen molar-refractivity contribution in [2.45, 2.75) is 91.0 Å². The molecular formula is C20H34O4Si. The van der Waals surface area contributed by atoms with Gasteiger partial charge in [0.25, 0.3) is 0 Å². The van der Waals surface area contributed by atoms with Crippen LogP contribution in [-0.2, 0) is 18.8 Å². The number of ketones is 1. The van der Waals surface area contributed by atoms with E-state index in [9.17, 15) is 9.59 Å². The number of hydrogen-bond acceptors (Lipinski definition) is 4. The van der Waals surface area contributed by atoms with E-state index in [2.05, 4.69) is 40.8 Å². The number of carbonyl (C=O) groups excluding carboxylic acids is 2. The summed E-state index contributed by atoms with van der Waals surface area (Å²) in [5.41, 5.74) is 1.07. The lowest BCUT2D eigenvalue weighted by Crippen LogP contribution is -2.52. The van der Waals surface area contributed by atoms with Crippen molar-refractivity contribution in [2.75, 3.05) is 6.61 Å². The van der Waals surface area contributed by atoms with Crippen LogP contribution in [-0.4, -0.2) is 32.8 Å². The third kappa shape index (κ3) is 3.77. The highest BCUT2D eigenvalue weighted by atomic mass is 28.4. The van der Waals surface area contributed by atoms with Crippen LogP contribution in [0.15, 0.2) is 11.1 Å². The van der Waals surface area contributed by atoms with Crippen molar-refractivity contribution in [3.05, 3.63) is 11.1 Å². The quantitative estimate of drug-likeness (QED) is 0.408. The predicted molar refractivity (Wildman–Crippen MR) is 102 cm³/mol. The van der Waals surface area contributed by atoms with Gasteiger partial charge in [0.1, 0.15) is 5.57 Å². The average Bonchev–Trinajstić information content (AvgIpc) is 2.48. The third-order valence-electron chi connectivity index (χ3n) is 6.47. The van der Waals surface area contributed by atoms with Crippen LogP contribution in [0.3, 0.4) is 0 Å². The molecule has 0 amide bonds. The summed E-state index contributed by atoms with van der Waals surface area (Å²) in [6.45, 7) is 15.5. The zero-order chi connectivity index (χ0) is 19.0. The Hall–Kier alpha value is -0.943. The molecular weight excluding hydrogens is 332 g/mol. The van der Waals surface area contributed by atoms with Crippen molar-refractivity contribution in [1.29, 1.82) is 0 Å². The summed E-state index contributed by atoms with van der Waals surface area (Å²) < 4.78 is 12.0. The number of esters is 1. The van der Waals surface area contributed by atoms with E-state index < -0.39 is 14.3 Å². The molecule has 2 atom stereocenters. The van der Waals surface area contributed by atoms with Gasteiger partial charge in [0.2, 0.25) is 0 Å². The first kappa shape index (κ1) is 20.4. The molecule has 5 heteroatoms. The first-order valence-electron chi connectivity index (χ1n) is 9.56. The highest BCUT2D eigenvalue weighted by molar-refractivity contribution is 6.74. The first-order valence-corrected chi connectivity index (χ1v) is 12.5. The molecule has 0 aromatic rings. The lowest BCUT2D eigenvalue weighted by Gasteiger charge is -2.50. The molecule has 0 unspecified atom stereocenters. The van der Waals surface area contributed by atoms with Gasteiger partial charge in [-0.15, -0.1) is 0 Å². The molecule has 2 aliphatic carbocycles. The third-order valence-corrected chi connectivity index (χ3v) is 11.0. The van der Waals surface area contributed by atoms with Crippen LogP contribution in [0.2, 0.25) is 18.1 Å². The minimum atomic E-state index is -1.92. The summed E-state index contributed by atoms with van der Waals surface area (Å²) in [6, 6.07) is 0. The molecule has 0 aromatic heterocycles. The largest absolute Gasteiger partial charge is 0.462 e. The maximum atomic E-state index is 12.5. The van der Waals surface area contributed by atoms with Gasteiger partial charge in [-0.2, -0.15) is 0 Å². The summed E-state index contributed by atoms with van der Waals surface area (Å²) in [4.78, 5) is 24.9. The number of rotatable bonds is 4. The van der Waals surface area contributed by atoms with E-state index >= 15 is 0 Å². The van der Waals surface area contributed by atoms with Crippen LogP contribution < -0.4 is 0 Å². The molecule has 0 heterocycles. The van der Waals surface area contributed by atoms with Crippen molar-refractivity contribution in [2.24, 2.45) is 5.41 Å². The molecule has 0 radical (unpaired) electrons. The maximum Gasteiger partial charge on any atom is 0.341 e. The molecule has 0 spiro atoms. The molecule has 25 heavy (non-hydrogen) atoms. The Morgan fingerprint density at radius 3 is 2.48 bits per heavy atom. The highest BCUT2D eigenvalue weighted by Gasteiger charge is 2.50. The summed E-state index contributed by atoms with van der Waals surface area (Å²) in [5.74, 6) is -0.500. The Labute approximate surface area is 153 Å². The van der Waals surface area contributed by atoms with Crippen LogP contribution in [0.1, 0.15) is 66.7 Å². The van der Waals surface area contributed by atoms with E-state index in [1.165, 1.54) is 0 Å². The molecule has 0 N–H and O–H groups in total. The number of hydrogen-bond donors (Lipinski definition) is 0. The Kier molecular flexibility index (Phi) is 5.70. The van der Waals surface area contributed by atoms with Crippen LogP contribution in [0.25, 0.3) is 0 Å². The normalized spacial score (nSPS) is 28.0. The number of fused-ring (bicyclic) bond motifs is 1. The van der Waals surface area contributed by atoms with Gasteiger partial charge in [0.15, 0.2) is 14.1 Å². The van der Waals surface area contributed by atoms with Crippen molar-refractivity contribution in [1.82, 2.24) is 0 Å². The van der Waals surface area contributed by atoms with Gasteiger partial charge in [-0.1, -0.05) is 27.7 Å². The molecule has 4 nitrogen and oxygen atoms in total. The monoisotopic (exact) mass is 366 g/mol. The molecule has 0 aromatic carbocycles. The van der Waals surface area contributed by atoms with Crippen LogP contribution >= 0.6 is 0 Å². The zero-order valence-electron chi connectivity index (χ0n) is 17.0. The zero-order valence-corrected chi connectivity index (χ0v) is 18.0. The highest BCUT2D eigenvalue weighted by Crippen LogP contribution is 2.52. The molecule has 0 bridgehead atoms. The summed E-state index contributed by atoms with van der Waals surface area (Å²) in [6.07, 6.45) is 4.01. The molecule has 142 valence electrons. The minimum absolute atomic E-state index is 0.0566. The van der Waals surface area contributed by atoms with Gasteiger partial charge in [-0.05, 0) is 56.3 Å². The van der Waals surface area contributed by atoms with E-state index in [4.69, 9.17) is 9.16 Å². The van der Waals surface area contributed by atoms with Gasteiger partial charge in [0, 0.05) is 11.8 Å². The van der Waals surface area contributed by atoms with Crippen molar-refractivity contribution in [3.63, 3.8) is 0 Å². The van der Waals surface area contributed by atoms with E-state index in [-0.39, 0.29) is 22.3 Å². The standard InChI is InChI=1S/C20H34O4Si/c1-8-23-18(22)17-14-10-9-11-16(20(14,5)13-12-15(17)21)24-25(6,7)19(2,3)4/h16H,8-13H2,1-7H3/t16-,20-/m1/s1.